The standard InChI is InChI=1S/C23H49N11O7/c24-10-2-1-7-16(18(37)33-15(21(40)41)8-9-17(35)36)34(19(38)13(25)5-3-11-31-22(27)28)20(39)14(26)6-4-12-32-23(29)30/h13-16,22-23,31-32H,1-12,24-30H2,(H,33,37)(H,35,36)(H,40,41)/t13-,14-,15?,16-/m0/s1. The van der Waals surface area contributed by atoms with Crippen LogP contribution in [0.15, 0.2) is 0 Å². The van der Waals surface area contributed by atoms with E-state index in [1.54, 1.807) is 0 Å². The van der Waals surface area contributed by atoms with E-state index in [0.29, 0.717) is 43.7 Å². The number of nitrogens with one attached hydrogen (secondary N) is 3. The van der Waals surface area contributed by atoms with Gasteiger partial charge in [-0.25, -0.2) is 4.79 Å². The molecule has 4 atom stereocenters. The van der Waals surface area contributed by atoms with Gasteiger partial charge in [0.25, 0.3) is 0 Å². The number of nitrogens with zero attached hydrogens (tertiary/aromatic N) is 1. The van der Waals surface area contributed by atoms with Crippen LogP contribution in [-0.4, -0.2) is 101 Å². The molecule has 41 heavy (non-hydrogen) atoms. The van der Waals surface area contributed by atoms with Gasteiger partial charge in [-0.15, -0.1) is 0 Å². The lowest BCUT2D eigenvalue weighted by molar-refractivity contribution is -0.154. The van der Waals surface area contributed by atoms with E-state index in [9.17, 15) is 29.1 Å². The van der Waals surface area contributed by atoms with E-state index in [0.717, 1.165) is 0 Å². The Morgan fingerprint density at radius 3 is 1.56 bits per heavy atom. The highest BCUT2D eigenvalue weighted by Gasteiger charge is 2.39. The summed E-state index contributed by atoms with van der Waals surface area (Å²) in [5, 5.41) is 26.3. The summed E-state index contributed by atoms with van der Waals surface area (Å²) in [5.41, 5.74) is 39.6. The normalized spacial score (nSPS) is 14.4. The summed E-state index contributed by atoms with van der Waals surface area (Å²) in [4.78, 5) is 63.9. The van der Waals surface area contributed by atoms with Crippen LogP contribution in [-0.2, 0) is 24.0 Å². The topological polar surface area (TPSA) is 347 Å². The summed E-state index contributed by atoms with van der Waals surface area (Å²) in [6.45, 7) is 0.914. The van der Waals surface area contributed by atoms with Gasteiger partial charge in [0, 0.05) is 6.42 Å². The van der Waals surface area contributed by atoms with Gasteiger partial charge in [-0.2, -0.15) is 0 Å². The van der Waals surface area contributed by atoms with Crippen LogP contribution < -0.4 is 56.1 Å². The molecule has 0 aromatic carbocycles. The predicted octanol–water partition coefficient (Wildman–Crippen LogP) is -4.93. The number of carboxylic acids is 2. The predicted molar refractivity (Wildman–Crippen MR) is 150 cm³/mol. The second-order valence-corrected chi connectivity index (χ2v) is 9.64. The monoisotopic (exact) mass is 591 g/mol. The molecule has 18 heteroatoms. The molecule has 18 nitrogen and oxygen atoms in total. The van der Waals surface area contributed by atoms with Gasteiger partial charge in [0.1, 0.15) is 24.7 Å². The Labute approximate surface area is 239 Å². The highest BCUT2D eigenvalue weighted by molar-refractivity contribution is 6.04. The second-order valence-electron chi connectivity index (χ2n) is 9.64. The molecule has 3 amide bonds. The zero-order chi connectivity index (χ0) is 31.5. The van der Waals surface area contributed by atoms with Crippen molar-refractivity contribution < 1.29 is 34.2 Å². The number of carbonyl (C=O) groups excluding carboxylic acids is 3. The first-order valence-corrected chi connectivity index (χ1v) is 13.5. The Hall–Kier alpha value is -2.81. The molecule has 0 spiro atoms. The third-order valence-electron chi connectivity index (χ3n) is 6.06. The van der Waals surface area contributed by atoms with E-state index >= 15 is 0 Å². The van der Waals surface area contributed by atoms with E-state index in [2.05, 4.69) is 16.0 Å². The Morgan fingerprint density at radius 2 is 1.17 bits per heavy atom. The third kappa shape index (κ3) is 16.3. The largest absolute Gasteiger partial charge is 0.481 e. The molecule has 0 bridgehead atoms. The second kappa shape index (κ2) is 21.0. The van der Waals surface area contributed by atoms with Crippen molar-refractivity contribution in [3.8, 4) is 0 Å². The molecule has 0 heterocycles. The number of hydrogen-bond donors (Lipinski definition) is 12. The SMILES string of the molecule is NCCCC[C@@H](C(=O)NC(CCC(=O)O)C(=O)O)N(C(=O)[C@@H](N)CCCNC(N)N)C(=O)[C@@H](N)CCCNC(N)N. The lowest BCUT2D eigenvalue weighted by Gasteiger charge is -2.33. The molecule has 0 radical (unpaired) electrons. The van der Waals surface area contributed by atoms with Crippen molar-refractivity contribution in [1.29, 1.82) is 0 Å². The maximum absolute atomic E-state index is 13.6. The first kappa shape index (κ1) is 38.2. The highest BCUT2D eigenvalue weighted by atomic mass is 16.4. The van der Waals surface area contributed by atoms with Gasteiger partial charge in [-0.3, -0.25) is 34.7 Å². The number of amides is 3. The number of aliphatic carboxylic acids is 2. The minimum absolute atomic E-state index is 0.0572. The lowest BCUT2D eigenvalue weighted by Crippen LogP contribution is -2.61. The summed E-state index contributed by atoms with van der Waals surface area (Å²) in [6.07, 6.45) is -0.901. The van der Waals surface area contributed by atoms with Crippen LogP contribution >= 0.6 is 0 Å². The molecule has 0 saturated heterocycles. The molecule has 0 rings (SSSR count). The molecule has 0 fully saturated rings. The fourth-order valence-electron chi connectivity index (χ4n) is 3.85. The van der Waals surface area contributed by atoms with Crippen molar-refractivity contribution in [1.82, 2.24) is 20.9 Å². The van der Waals surface area contributed by atoms with Gasteiger partial charge in [0.05, 0.1) is 12.1 Å². The molecule has 0 aliphatic heterocycles. The molecule has 0 aromatic rings. The van der Waals surface area contributed by atoms with Crippen LogP contribution in [0.5, 0.6) is 0 Å². The first-order chi connectivity index (χ1) is 19.2. The summed E-state index contributed by atoms with van der Waals surface area (Å²) >= 11 is 0. The number of nitrogens with two attached hydrogens (primary N) is 7. The Kier molecular flexibility index (Phi) is 19.5. The Morgan fingerprint density at radius 1 is 0.683 bits per heavy atom. The average Bonchev–Trinajstić information content (AvgIpc) is 2.89. The zero-order valence-electron chi connectivity index (χ0n) is 23.4. The van der Waals surface area contributed by atoms with Crippen molar-refractivity contribution in [2.45, 2.75) is 94.5 Å². The average molecular weight is 592 g/mol. The lowest BCUT2D eigenvalue weighted by atomic mass is 10.0. The van der Waals surface area contributed by atoms with E-state index in [-0.39, 0.29) is 25.8 Å². The summed E-state index contributed by atoms with van der Waals surface area (Å²) in [6, 6.07) is -5.49. The molecule has 238 valence electrons. The van der Waals surface area contributed by atoms with Gasteiger partial charge in [-0.05, 0) is 71.0 Å². The fraction of sp³-hybridized carbons (Fsp3) is 0.783. The maximum atomic E-state index is 13.6. The van der Waals surface area contributed by atoms with Gasteiger partial charge in [0.15, 0.2) is 0 Å². The van der Waals surface area contributed by atoms with Crippen LogP contribution in [0, 0.1) is 0 Å². The first-order valence-electron chi connectivity index (χ1n) is 13.5. The van der Waals surface area contributed by atoms with E-state index < -0.39 is 79.2 Å². The van der Waals surface area contributed by atoms with Crippen molar-refractivity contribution in [3.63, 3.8) is 0 Å². The van der Waals surface area contributed by atoms with Crippen molar-refractivity contribution in [2.75, 3.05) is 19.6 Å². The quantitative estimate of drug-likeness (QED) is 0.0391. The summed E-state index contributed by atoms with van der Waals surface area (Å²) < 4.78 is 0. The maximum Gasteiger partial charge on any atom is 0.326 e. The van der Waals surface area contributed by atoms with Crippen LogP contribution in [0.2, 0.25) is 0 Å². The number of imide groups is 1. The molecule has 0 aliphatic rings. The molecule has 0 aromatic heterocycles. The van der Waals surface area contributed by atoms with E-state index in [1.165, 1.54) is 0 Å². The molecule has 0 saturated carbocycles. The molecule has 19 N–H and O–H groups in total. The Bertz CT molecular complexity index is 798. The number of rotatable bonds is 23. The molecular formula is C23H49N11O7. The number of unbranched alkanes of at least 4 members (excludes halogenated alkanes) is 1. The van der Waals surface area contributed by atoms with Gasteiger partial charge >= 0.3 is 11.9 Å². The number of carboxylic acid groups (broad SMARTS) is 2. The van der Waals surface area contributed by atoms with Crippen molar-refractivity contribution in [2.24, 2.45) is 40.1 Å². The van der Waals surface area contributed by atoms with E-state index in [4.69, 9.17) is 45.2 Å². The fourth-order valence-corrected chi connectivity index (χ4v) is 3.85. The van der Waals surface area contributed by atoms with Crippen LogP contribution in [0.25, 0.3) is 0 Å². The smallest absolute Gasteiger partial charge is 0.326 e. The minimum atomic E-state index is -1.58. The third-order valence-corrected chi connectivity index (χ3v) is 6.06. The number of carbonyl (C=O) groups is 5. The highest BCUT2D eigenvalue weighted by Crippen LogP contribution is 2.16. The molecule has 0 aliphatic carbocycles. The summed E-state index contributed by atoms with van der Waals surface area (Å²) in [5.74, 6) is -5.46. The van der Waals surface area contributed by atoms with Crippen LogP contribution in [0.1, 0.15) is 57.8 Å². The Balaban J connectivity index is 6.13. The number of hydrogen-bond acceptors (Lipinski definition) is 14. The molecular weight excluding hydrogens is 542 g/mol. The van der Waals surface area contributed by atoms with Gasteiger partial charge < -0.3 is 55.7 Å². The van der Waals surface area contributed by atoms with Crippen LogP contribution in [0.3, 0.4) is 0 Å². The van der Waals surface area contributed by atoms with Gasteiger partial charge in [-0.1, -0.05) is 0 Å². The molecule has 1 unspecified atom stereocenters. The van der Waals surface area contributed by atoms with Gasteiger partial charge in [0.2, 0.25) is 17.7 Å². The van der Waals surface area contributed by atoms with E-state index in [1.807, 2.05) is 0 Å². The minimum Gasteiger partial charge on any atom is -0.481 e. The zero-order valence-corrected chi connectivity index (χ0v) is 23.4. The van der Waals surface area contributed by atoms with Crippen molar-refractivity contribution >= 4 is 29.7 Å². The van der Waals surface area contributed by atoms with Crippen molar-refractivity contribution in [3.05, 3.63) is 0 Å². The summed E-state index contributed by atoms with van der Waals surface area (Å²) in [7, 11) is 0. The van der Waals surface area contributed by atoms with Crippen LogP contribution in [0.4, 0.5) is 0 Å².